The first-order valence-electron chi connectivity index (χ1n) is 7.89. The summed E-state index contributed by atoms with van der Waals surface area (Å²) >= 11 is 1.48. The lowest BCUT2D eigenvalue weighted by Gasteiger charge is -2.32. The van der Waals surface area contributed by atoms with Crippen LogP contribution in [0.25, 0.3) is 0 Å². The number of nitrogens with zero attached hydrogens (tertiary/aromatic N) is 3. The number of carbonyl (C=O) groups excluding carboxylic acids is 1. The molecule has 3 rings (SSSR count). The first kappa shape index (κ1) is 14.9. The van der Waals surface area contributed by atoms with Crippen LogP contribution in [0.1, 0.15) is 54.1 Å². The highest BCUT2D eigenvalue weighted by Crippen LogP contribution is 2.23. The molecule has 2 N–H and O–H groups in total. The predicted octanol–water partition coefficient (Wildman–Crippen LogP) is 1.86. The van der Waals surface area contributed by atoms with Gasteiger partial charge in [0.1, 0.15) is 10.7 Å². The van der Waals surface area contributed by atoms with E-state index < -0.39 is 0 Å². The maximum Gasteiger partial charge on any atom is 0.273 e. The molecule has 3 heterocycles. The van der Waals surface area contributed by atoms with Gasteiger partial charge in [0.05, 0.1) is 6.04 Å². The van der Waals surface area contributed by atoms with E-state index in [1.54, 1.807) is 0 Å². The number of thiazole rings is 1. The summed E-state index contributed by atoms with van der Waals surface area (Å²) in [5.74, 6) is 0.0673. The number of carbonyl (C=O) groups is 1. The highest BCUT2D eigenvalue weighted by Gasteiger charge is 2.32. The zero-order chi connectivity index (χ0) is 14.8. The van der Waals surface area contributed by atoms with Gasteiger partial charge in [-0.3, -0.25) is 9.69 Å². The predicted molar refractivity (Wildman–Crippen MR) is 84.4 cm³/mol. The van der Waals surface area contributed by atoms with Gasteiger partial charge < -0.3 is 10.6 Å². The van der Waals surface area contributed by atoms with Crippen molar-refractivity contribution in [3.8, 4) is 0 Å². The fraction of sp³-hybridized carbons (Fsp3) is 0.733. The van der Waals surface area contributed by atoms with Gasteiger partial charge in [0.25, 0.3) is 5.91 Å². The monoisotopic (exact) mass is 308 g/mol. The Morgan fingerprint density at radius 2 is 2.14 bits per heavy atom. The Hall–Kier alpha value is -0.980. The van der Waals surface area contributed by atoms with Crippen LogP contribution >= 0.6 is 11.3 Å². The summed E-state index contributed by atoms with van der Waals surface area (Å²) in [6, 6.07) is 0.442. The van der Waals surface area contributed by atoms with Crippen molar-refractivity contribution in [3.05, 3.63) is 16.1 Å². The number of rotatable bonds is 3. The van der Waals surface area contributed by atoms with Crippen molar-refractivity contribution in [2.45, 2.75) is 44.7 Å². The molecule has 0 aromatic carbocycles. The molecule has 0 radical (unpaired) electrons. The number of likely N-dealkylation sites (tertiary alicyclic amines) is 2. The van der Waals surface area contributed by atoms with Gasteiger partial charge in [-0.25, -0.2) is 4.98 Å². The number of hydrogen-bond acceptors (Lipinski definition) is 5. The summed E-state index contributed by atoms with van der Waals surface area (Å²) in [4.78, 5) is 21.4. The fourth-order valence-electron chi connectivity index (χ4n) is 3.26. The zero-order valence-electron chi connectivity index (χ0n) is 12.6. The second kappa shape index (κ2) is 6.42. The molecule has 6 heteroatoms. The van der Waals surface area contributed by atoms with E-state index in [0.29, 0.717) is 11.7 Å². The van der Waals surface area contributed by atoms with E-state index in [0.717, 1.165) is 24.5 Å². The lowest BCUT2D eigenvalue weighted by Crippen LogP contribution is -2.41. The number of hydrogen-bond donors (Lipinski definition) is 1. The van der Waals surface area contributed by atoms with Crippen molar-refractivity contribution in [1.82, 2.24) is 14.8 Å². The Morgan fingerprint density at radius 1 is 1.38 bits per heavy atom. The Morgan fingerprint density at radius 3 is 2.81 bits per heavy atom. The zero-order valence-corrected chi connectivity index (χ0v) is 13.4. The van der Waals surface area contributed by atoms with Crippen LogP contribution in [0, 0.1) is 0 Å². The molecule has 0 aliphatic carbocycles. The molecular weight excluding hydrogens is 284 g/mol. The quantitative estimate of drug-likeness (QED) is 0.926. The molecule has 0 bridgehead atoms. The molecule has 1 amide bonds. The second-order valence-corrected chi connectivity index (χ2v) is 7.04. The highest BCUT2D eigenvalue weighted by molar-refractivity contribution is 7.09. The van der Waals surface area contributed by atoms with Gasteiger partial charge in [0.15, 0.2) is 0 Å². The third-order valence-electron chi connectivity index (χ3n) is 4.49. The van der Waals surface area contributed by atoms with Crippen LogP contribution in [-0.2, 0) is 0 Å². The van der Waals surface area contributed by atoms with Crippen LogP contribution < -0.4 is 5.73 Å². The minimum absolute atomic E-state index is 0.0673. The first-order valence-corrected chi connectivity index (χ1v) is 8.77. The maximum atomic E-state index is 12.5. The smallest absolute Gasteiger partial charge is 0.273 e. The van der Waals surface area contributed by atoms with E-state index in [-0.39, 0.29) is 11.9 Å². The largest absolute Gasteiger partial charge is 0.336 e. The molecule has 116 valence electrons. The molecule has 21 heavy (non-hydrogen) atoms. The molecule has 2 aliphatic heterocycles. The van der Waals surface area contributed by atoms with Gasteiger partial charge in [0, 0.05) is 24.5 Å². The fourth-order valence-corrected chi connectivity index (χ4v) is 4.02. The lowest BCUT2D eigenvalue weighted by atomic mass is 10.1. The summed E-state index contributed by atoms with van der Waals surface area (Å²) in [5, 5.41) is 2.68. The van der Waals surface area contributed by atoms with E-state index in [1.165, 1.54) is 43.7 Å². The van der Waals surface area contributed by atoms with Crippen LogP contribution in [0.5, 0.6) is 0 Å². The van der Waals surface area contributed by atoms with Gasteiger partial charge >= 0.3 is 0 Å². The molecule has 1 aromatic heterocycles. The summed E-state index contributed by atoms with van der Waals surface area (Å²) in [5.41, 5.74) is 6.38. The Labute approximate surface area is 130 Å². The molecule has 0 spiro atoms. The van der Waals surface area contributed by atoms with Crippen molar-refractivity contribution in [1.29, 1.82) is 0 Å². The first-order chi connectivity index (χ1) is 10.1. The molecule has 2 unspecified atom stereocenters. The van der Waals surface area contributed by atoms with Crippen molar-refractivity contribution in [2.75, 3.05) is 26.2 Å². The number of nitrogens with two attached hydrogens (primary N) is 1. The average Bonchev–Trinajstić information content (AvgIpc) is 3.17. The molecular formula is C15H24N4OS. The molecule has 2 aliphatic rings. The minimum atomic E-state index is -0.101. The van der Waals surface area contributed by atoms with Crippen LogP contribution in [0.15, 0.2) is 5.38 Å². The van der Waals surface area contributed by atoms with Crippen molar-refractivity contribution in [3.63, 3.8) is 0 Å². The molecule has 2 atom stereocenters. The van der Waals surface area contributed by atoms with Crippen LogP contribution in [0.3, 0.4) is 0 Å². The number of piperidine rings is 1. The van der Waals surface area contributed by atoms with Crippen molar-refractivity contribution in [2.24, 2.45) is 5.73 Å². The Balaban J connectivity index is 1.60. The molecule has 0 saturated carbocycles. The van der Waals surface area contributed by atoms with Crippen molar-refractivity contribution >= 4 is 17.2 Å². The molecule has 2 saturated heterocycles. The van der Waals surface area contributed by atoms with Gasteiger partial charge in [0.2, 0.25) is 0 Å². The van der Waals surface area contributed by atoms with E-state index in [1.807, 2.05) is 17.2 Å². The van der Waals surface area contributed by atoms with E-state index in [9.17, 15) is 4.79 Å². The minimum Gasteiger partial charge on any atom is -0.336 e. The number of amides is 1. The van der Waals surface area contributed by atoms with Gasteiger partial charge in [-0.1, -0.05) is 6.42 Å². The van der Waals surface area contributed by atoms with E-state index in [2.05, 4.69) is 9.88 Å². The standard InChI is InChI=1S/C15H24N4OS/c1-11(16)14-17-13(10-21-14)15(20)19-8-5-12(9-19)18-6-3-2-4-7-18/h10-12H,2-9,16H2,1H3. The summed E-state index contributed by atoms with van der Waals surface area (Å²) in [6.07, 6.45) is 5.04. The van der Waals surface area contributed by atoms with Crippen molar-refractivity contribution < 1.29 is 4.79 Å². The number of aromatic nitrogens is 1. The Bertz CT molecular complexity index is 496. The summed E-state index contributed by atoms with van der Waals surface area (Å²) in [7, 11) is 0. The third kappa shape index (κ3) is 3.27. The highest BCUT2D eigenvalue weighted by atomic mass is 32.1. The average molecular weight is 308 g/mol. The lowest BCUT2D eigenvalue weighted by molar-refractivity contribution is 0.0766. The topological polar surface area (TPSA) is 62.5 Å². The maximum absolute atomic E-state index is 12.5. The Kier molecular flexibility index (Phi) is 4.57. The third-order valence-corrected chi connectivity index (χ3v) is 5.53. The van der Waals surface area contributed by atoms with Gasteiger partial charge in [-0.05, 0) is 39.3 Å². The SMILES string of the molecule is CC(N)c1nc(C(=O)N2CCC(N3CCCCC3)C2)cs1. The summed E-state index contributed by atoms with van der Waals surface area (Å²) in [6.45, 7) is 5.99. The normalized spacial score (nSPS) is 25.2. The summed E-state index contributed by atoms with van der Waals surface area (Å²) < 4.78 is 0. The molecule has 2 fully saturated rings. The molecule has 1 aromatic rings. The second-order valence-electron chi connectivity index (χ2n) is 6.15. The van der Waals surface area contributed by atoms with E-state index in [4.69, 9.17) is 5.73 Å². The van der Waals surface area contributed by atoms with E-state index >= 15 is 0 Å². The van der Waals surface area contributed by atoms with Gasteiger partial charge in [-0.15, -0.1) is 11.3 Å². The van der Waals surface area contributed by atoms with Crippen LogP contribution in [0.2, 0.25) is 0 Å². The van der Waals surface area contributed by atoms with Gasteiger partial charge in [-0.2, -0.15) is 0 Å². The molecule has 5 nitrogen and oxygen atoms in total. The van der Waals surface area contributed by atoms with Crippen LogP contribution in [-0.4, -0.2) is 52.9 Å². The van der Waals surface area contributed by atoms with Crippen LogP contribution in [0.4, 0.5) is 0 Å².